The summed E-state index contributed by atoms with van der Waals surface area (Å²) in [5.41, 5.74) is -0.302. The molecule has 0 bridgehead atoms. The number of benzene rings is 1. The van der Waals surface area contributed by atoms with Crippen molar-refractivity contribution in [2.24, 2.45) is 0 Å². The minimum atomic E-state index is -4.51. The first-order valence-corrected chi connectivity index (χ1v) is 9.06. The quantitative estimate of drug-likeness (QED) is 0.591. The van der Waals surface area contributed by atoms with E-state index in [0.717, 1.165) is 19.2 Å². The lowest BCUT2D eigenvalue weighted by atomic mass is 10.2. The summed E-state index contributed by atoms with van der Waals surface area (Å²) in [6.07, 6.45) is 0. The second-order valence-electron chi connectivity index (χ2n) is 4.92. The van der Waals surface area contributed by atoms with Crippen LogP contribution in [0.3, 0.4) is 0 Å². The fourth-order valence-electron chi connectivity index (χ4n) is 2.00. The van der Waals surface area contributed by atoms with Crippen molar-refractivity contribution in [2.45, 2.75) is 4.90 Å². The average molecular weight is 432 g/mol. The average Bonchev–Trinajstić information content (AvgIpc) is 2.67. The van der Waals surface area contributed by atoms with E-state index in [4.69, 9.17) is 0 Å². The van der Waals surface area contributed by atoms with Gasteiger partial charge in [-0.15, -0.1) is 0 Å². The molecule has 1 aromatic carbocycles. The highest BCUT2D eigenvalue weighted by Gasteiger charge is 2.25. The number of anilines is 1. The molecule has 0 radical (unpaired) electrons. The number of nitrogens with zero attached hydrogens (tertiary/aromatic N) is 2. The van der Waals surface area contributed by atoms with Crippen molar-refractivity contribution in [1.29, 1.82) is 0 Å². The van der Waals surface area contributed by atoms with Crippen molar-refractivity contribution < 1.29 is 41.0 Å². The predicted octanol–water partition coefficient (Wildman–Crippen LogP) is 1.39. The molecule has 2 amide bonds. The third-order valence-electron chi connectivity index (χ3n) is 3.12. The predicted molar refractivity (Wildman–Crippen MR) is 92.4 cm³/mol. The van der Waals surface area contributed by atoms with Crippen LogP contribution < -0.4 is 19.5 Å². The Morgan fingerprint density at radius 1 is 1.07 bits per heavy atom. The van der Waals surface area contributed by atoms with Gasteiger partial charge in [0.05, 0.1) is 18.7 Å². The van der Waals surface area contributed by atoms with E-state index in [9.17, 15) is 26.8 Å². The highest BCUT2D eigenvalue weighted by atomic mass is 32.2. The number of hydrogen-bond donors (Lipinski definition) is 2. The zero-order valence-electron chi connectivity index (χ0n) is 14.7. The molecule has 1 heterocycles. The molecule has 0 fully saturated rings. The number of carbonyl (C=O) groups is 2. The van der Waals surface area contributed by atoms with Gasteiger partial charge < -0.3 is 14.2 Å². The van der Waals surface area contributed by atoms with E-state index in [0.29, 0.717) is 0 Å². The van der Waals surface area contributed by atoms with Gasteiger partial charge in [0, 0.05) is 0 Å². The first-order chi connectivity index (χ1) is 13.8. The number of hydrogen-bond acceptors (Lipinski definition) is 9. The van der Waals surface area contributed by atoms with Crippen molar-refractivity contribution in [1.82, 2.24) is 14.7 Å². The number of esters is 1. The second-order valence-corrected chi connectivity index (χ2v) is 6.57. The number of sulfonamides is 1. The largest absolute Gasteiger partial charge is 0.465 e. The molecule has 0 unspecified atom stereocenters. The minimum Gasteiger partial charge on any atom is -0.465 e. The van der Waals surface area contributed by atoms with Crippen LogP contribution in [0.5, 0.6) is 11.8 Å². The van der Waals surface area contributed by atoms with E-state index in [1.807, 2.05) is 5.32 Å². The third-order valence-corrected chi connectivity index (χ3v) is 4.51. The maximum atomic E-state index is 12.4. The van der Waals surface area contributed by atoms with E-state index in [1.165, 1.54) is 18.2 Å². The number of carbonyl (C=O) groups excluding carboxylic acids is 2. The second kappa shape index (κ2) is 9.59. The van der Waals surface area contributed by atoms with Gasteiger partial charge in [-0.05, 0) is 12.1 Å². The highest BCUT2D eigenvalue weighted by Crippen LogP contribution is 2.19. The number of nitrogens with one attached hydrogen (secondary N) is 2. The lowest BCUT2D eigenvalue weighted by Crippen LogP contribution is -2.35. The fourth-order valence-corrected chi connectivity index (χ4v) is 3.11. The molecule has 0 spiro atoms. The summed E-state index contributed by atoms with van der Waals surface area (Å²) >= 11 is 0. The first-order valence-electron chi connectivity index (χ1n) is 7.58. The summed E-state index contributed by atoms with van der Waals surface area (Å²) in [5, 5.41) is 1.96. The molecule has 0 aliphatic carbocycles. The Kier molecular flexibility index (Phi) is 7.19. The lowest BCUT2D eigenvalue weighted by Gasteiger charge is -2.11. The van der Waals surface area contributed by atoms with E-state index in [-0.39, 0.29) is 5.56 Å². The molecule has 0 atom stereocenters. The first kappa shape index (κ1) is 21.7. The van der Waals surface area contributed by atoms with E-state index in [1.54, 1.807) is 4.72 Å². The molecule has 2 N–H and O–H groups in total. The topological polar surface area (TPSA) is 146 Å². The number of methoxy groups -OCH3 is 1. The molecule has 0 saturated carbocycles. The van der Waals surface area contributed by atoms with Crippen LogP contribution in [0, 0.1) is 0 Å². The molecule has 2 rings (SSSR count). The molecule has 0 saturated heterocycles. The third kappa shape index (κ3) is 5.71. The molecule has 0 aliphatic rings. The smallest absolute Gasteiger partial charge is 0.339 e. The molecule has 2 aromatic rings. The molecule has 11 nitrogen and oxygen atoms in total. The summed E-state index contributed by atoms with van der Waals surface area (Å²) < 4.78 is 64.6. The van der Waals surface area contributed by atoms with Crippen LogP contribution in [0.15, 0.2) is 35.2 Å². The van der Waals surface area contributed by atoms with Gasteiger partial charge in [0.2, 0.25) is 31.4 Å². The Balaban J connectivity index is 2.24. The molecule has 14 heteroatoms. The van der Waals surface area contributed by atoms with Gasteiger partial charge in [-0.3, -0.25) is 5.32 Å². The Labute approximate surface area is 163 Å². The van der Waals surface area contributed by atoms with Gasteiger partial charge in [0.25, 0.3) is 10.0 Å². The van der Waals surface area contributed by atoms with Crippen LogP contribution in [0.2, 0.25) is 0 Å². The lowest BCUT2D eigenvalue weighted by molar-refractivity contribution is 0.0596. The summed E-state index contributed by atoms with van der Waals surface area (Å²) in [6.45, 7) is -2.56. The number of halogens is 2. The van der Waals surface area contributed by atoms with Crippen molar-refractivity contribution in [2.75, 3.05) is 26.1 Å². The Bertz CT molecular complexity index is 980. The zero-order chi connectivity index (χ0) is 21.4. The Morgan fingerprint density at radius 2 is 1.66 bits per heavy atom. The molecular weight excluding hydrogens is 418 g/mol. The zero-order valence-corrected chi connectivity index (χ0v) is 15.5. The molecule has 29 heavy (non-hydrogen) atoms. The number of alkyl halides is 2. The highest BCUT2D eigenvalue weighted by molar-refractivity contribution is 7.90. The van der Waals surface area contributed by atoms with E-state index >= 15 is 0 Å². The van der Waals surface area contributed by atoms with Gasteiger partial charge in [0.1, 0.15) is 4.90 Å². The van der Waals surface area contributed by atoms with Crippen LogP contribution in [0.25, 0.3) is 0 Å². The number of aromatic nitrogens is 2. The maximum Gasteiger partial charge on any atom is 0.339 e. The summed E-state index contributed by atoms with van der Waals surface area (Å²) in [7, 11) is -3.44. The SMILES string of the molecule is COC(=O)c1ccccc1S(=O)(=O)NC(=O)Nc1nc(OCF)cc(OCF)n1. The van der Waals surface area contributed by atoms with Crippen LogP contribution >= 0.6 is 0 Å². The number of ether oxygens (including phenoxy) is 3. The van der Waals surface area contributed by atoms with E-state index in [2.05, 4.69) is 24.2 Å². The minimum absolute atomic E-state index is 0.302. The van der Waals surface area contributed by atoms with Crippen molar-refractivity contribution in [3.8, 4) is 11.8 Å². The van der Waals surface area contributed by atoms with Crippen LogP contribution in [-0.2, 0) is 14.8 Å². The van der Waals surface area contributed by atoms with Crippen LogP contribution in [0.4, 0.5) is 19.5 Å². The monoisotopic (exact) mass is 432 g/mol. The van der Waals surface area contributed by atoms with Gasteiger partial charge in [-0.25, -0.2) is 31.5 Å². The van der Waals surface area contributed by atoms with Crippen molar-refractivity contribution in [3.63, 3.8) is 0 Å². The van der Waals surface area contributed by atoms with Crippen LogP contribution in [0.1, 0.15) is 10.4 Å². The number of rotatable bonds is 8. The number of amides is 2. The van der Waals surface area contributed by atoms with Crippen molar-refractivity contribution >= 4 is 28.0 Å². The summed E-state index contributed by atoms with van der Waals surface area (Å²) in [5.74, 6) is -2.30. The molecular formula is C15H14F2N4O7S. The van der Waals surface area contributed by atoms with Gasteiger partial charge in [-0.2, -0.15) is 9.97 Å². The number of urea groups is 1. The van der Waals surface area contributed by atoms with Gasteiger partial charge in [0.15, 0.2) is 0 Å². The molecule has 1 aromatic heterocycles. The maximum absolute atomic E-state index is 12.4. The standard InChI is InChI=1S/C15H14F2N4O7S/c1-26-13(22)9-4-2-3-5-10(9)29(24,25)21-15(23)20-14-18-11(27-7-16)6-12(19-14)28-8-17/h2-6H,7-8H2,1H3,(H2,18,19,20,21,23). The Hall–Kier alpha value is -3.55. The Morgan fingerprint density at radius 3 is 2.21 bits per heavy atom. The normalized spacial score (nSPS) is 10.7. The van der Waals surface area contributed by atoms with E-state index < -0.39 is 58.3 Å². The molecule has 156 valence electrons. The summed E-state index contributed by atoms with van der Waals surface area (Å²) in [4.78, 5) is 30.5. The summed E-state index contributed by atoms with van der Waals surface area (Å²) in [6, 6.07) is 4.64. The van der Waals surface area contributed by atoms with Crippen molar-refractivity contribution in [3.05, 3.63) is 35.9 Å². The van der Waals surface area contributed by atoms with Gasteiger partial charge in [-0.1, -0.05) is 12.1 Å². The molecule has 0 aliphatic heterocycles. The van der Waals surface area contributed by atoms with Crippen LogP contribution in [-0.4, -0.2) is 51.2 Å². The fraction of sp³-hybridized carbons (Fsp3) is 0.200. The van der Waals surface area contributed by atoms with Gasteiger partial charge >= 0.3 is 12.0 Å².